The molecule has 0 bridgehead atoms. The molecule has 1 saturated heterocycles. The van der Waals surface area contributed by atoms with Crippen LogP contribution in [0.15, 0.2) is 12.1 Å². The molecule has 1 aliphatic heterocycles. The summed E-state index contributed by atoms with van der Waals surface area (Å²) >= 11 is 12.4. The van der Waals surface area contributed by atoms with Gasteiger partial charge in [0.25, 0.3) is 0 Å². The standard InChI is InChI=1S/C14H21Cl2N3/c1-2-5-19-6-3-11(4-7-19)18-14-12(15)8-10(17)9-13(14)16/h8-9,11,18H,2-7,17H2,1H3. The minimum Gasteiger partial charge on any atom is -0.399 e. The van der Waals surface area contributed by atoms with Crippen LogP contribution in [0.5, 0.6) is 0 Å². The van der Waals surface area contributed by atoms with Gasteiger partial charge in [-0.25, -0.2) is 0 Å². The molecule has 3 nitrogen and oxygen atoms in total. The third-order valence-corrected chi connectivity index (χ3v) is 4.14. The number of likely N-dealkylation sites (tertiary alicyclic amines) is 1. The van der Waals surface area contributed by atoms with E-state index in [0.717, 1.165) is 31.6 Å². The van der Waals surface area contributed by atoms with E-state index in [2.05, 4.69) is 17.1 Å². The van der Waals surface area contributed by atoms with E-state index in [1.165, 1.54) is 13.0 Å². The summed E-state index contributed by atoms with van der Waals surface area (Å²) in [7, 11) is 0. The smallest absolute Gasteiger partial charge is 0.0722 e. The first-order valence-corrected chi connectivity index (χ1v) is 7.59. The fraction of sp³-hybridized carbons (Fsp3) is 0.571. The zero-order valence-corrected chi connectivity index (χ0v) is 12.8. The van der Waals surface area contributed by atoms with Crippen molar-refractivity contribution in [3.05, 3.63) is 22.2 Å². The predicted molar refractivity (Wildman–Crippen MR) is 84.3 cm³/mol. The Labute approximate surface area is 125 Å². The lowest BCUT2D eigenvalue weighted by molar-refractivity contribution is 0.219. The maximum atomic E-state index is 6.20. The number of halogens is 2. The first-order valence-electron chi connectivity index (χ1n) is 6.83. The Kier molecular flexibility index (Phi) is 5.20. The van der Waals surface area contributed by atoms with E-state index >= 15 is 0 Å². The Morgan fingerprint density at radius 3 is 2.37 bits per heavy atom. The Hall–Kier alpha value is -0.640. The topological polar surface area (TPSA) is 41.3 Å². The van der Waals surface area contributed by atoms with Crippen molar-refractivity contribution in [2.24, 2.45) is 0 Å². The van der Waals surface area contributed by atoms with E-state index in [1.807, 2.05) is 0 Å². The maximum absolute atomic E-state index is 6.20. The molecular formula is C14H21Cl2N3. The summed E-state index contributed by atoms with van der Waals surface area (Å²) in [5.41, 5.74) is 7.12. The summed E-state index contributed by atoms with van der Waals surface area (Å²) in [4.78, 5) is 2.50. The second-order valence-corrected chi connectivity index (χ2v) is 5.93. The molecule has 106 valence electrons. The average Bonchev–Trinajstić information content (AvgIpc) is 2.36. The van der Waals surface area contributed by atoms with Gasteiger partial charge in [-0.05, 0) is 37.9 Å². The van der Waals surface area contributed by atoms with Crippen molar-refractivity contribution in [2.75, 3.05) is 30.7 Å². The van der Waals surface area contributed by atoms with Gasteiger partial charge in [0, 0.05) is 24.8 Å². The van der Waals surface area contributed by atoms with Crippen LogP contribution in [0, 0.1) is 0 Å². The molecule has 1 fully saturated rings. The van der Waals surface area contributed by atoms with Crippen molar-refractivity contribution in [3.63, 3.8) is 0 Å². The second-order valence-electron chi connectivity index (χ2n) is 5.12. The van der Waals surface area contributed by atoms with Crippen LogP contribution in [0.3, 0.4) is 0 Å². The van der Waals surface area contributed by atoms with Crippen LogP contribution < -0.4 is 11.1 Å². The van der Waals surface area contributed by atoms with Gasteiger partial charge in [-0.3, -0.25) is 0 Å². The van der Waals surface area contributed by atoms with Gasteiger partial charge in [0.05, 0.1) is 15.7 Å². The number of nitrogens with one attached hydrogen (secondary N) is 1. The minimum atomic E-state index is 0.437. The number of benzene rings is 1. The minimum absolute atomic E-state index is 0.437. The van der Waals surface area contributed by atoms with E-state index in [0.29, 0.717) is 21.8 Å². The lowest BCUT2D eigenvalue weighted by atomic mass is 10.0. The lowest BCUT2D eigenvalue weighted by Crippen LogP contribution is -2.39. The number of piperidine rings is 1. The molecule has 0 atom stereocenters. The van der Waals surface area contributed by atoms with Crippen LogP contribution in [0.1, 0.15) is 26.2 Å². The van der Waals surface area contributed by atoms with Crippen LogP contribution in [0.25, 0.3) is 0 Å². The number of hydrogen-bond donors (Lipinski definition) is 2. The van der Waals surface area contributed by atoms with Gasteiger partial charge in [0.2, 0.25) is 0 Å². The monoisotopic (exact) mass is 301 g/mol. The molecule has 0 spiro atoms. The molecule has 0 radical (unpaired) electrons. The molecular weight excluding hydrogens is 281 g/mol. The van der Waals surface area contributed by atoms with Crippen LogP contribution in [0.4, 0.5) is 11.4 Å². The first kappa shape index (κ1) is 14.8. The number of anilines is 2. The zero-order valence-electron chi connectivity index (χ0n) is 11.3. The predicted octanol–water partition coefficient (Wildman–Crippen LogP) is 3.86. The van der Waals surface area contributed by atoms with Crippen LogP contribution in [-0.4, -0.2) is 30.6 Å². The normalized spacial score (nSPS) is 17.6. The summed E-state index contributed by atoms with van der Waals surface area (Å²) in [5.74, 6) is 0. The van der Waals surface area contributed by atoms with Crippen molar-refractivity contribution >= 4 is 34.6 Å². The molecule has 19 heavy (non-hydrogen) atoms. The number of nitrogens with two attached hydrogens (primary N) is 1. The SMILES string of the molecule is CCCN1CCC(Nc2c(Cl)cc(N)cc2Cl)CC1. The van der Waals surface area contributed by atoms with Gasteiger partial charge < -0.3 is 16.0 Å². The van der Waals surface area contributed by atoms with E-state index < -0.39 is 0 Å². The molecule has 1 aromatic carbocycles. The molecule has 5 heteroatoms. The lowest BCUT2D eigenvalue weighted by Gasteiger charge is -2.33. The van der Waals surface area contributed by atoms with E-state index in [-0.39, 0.29) is 0 Å². The fourth-order valence-electron chi connectivity index (χ4n) is 2.55. The molecule has 0 aliphatic carbocycles. The Balaban J connectivity index is 1.96. The summed E-state index contributed by atoms with van der Waals surface area (Å²) in [6, 6.07) is 3.91. The molecule has 2 rings (SSSR count). The Morgan fingerprint density at radius 2 is 1.84 bits per heavy atom. The number of nitrogen functional groups attached to an aromatic ring is 1. The maximum Gasteiger partial charge on any atom is 0.0722 e. The first-order chi connectivity index (χ1) is 9.10. The highest BCUT2D eigenvalue weighted by Crippen LogP contribution is 2.34. The highest BCUT2D eigenvalue weighted by atomic mass is 35.5. The Morgan fingerprint density at radius 1 is 1.26 bits per heavy atom. The number of hydrogen-bond acceptors (Lipinski definition) is 3. The Bertz CT molecular complexity index is 406. The van der Waals surface area contributed by atoms with Gasteiger partial charge in [-0.1, -0.05) is 30.1 Å². The van der Waals surface area contributed by atoms with Crippen molar-refractivity contribution in [1.29, 1.82) is 0 Å². The summed E-state index contributed by atoms with van der Waals surface area (Å²) in [6.07, 6.45) is 3.46. The van der Waals surface area contributed by atoms with Crippen molar-refractivity contribution in [3.8, 4) is 0 Å². The molecule has 0 unspecified atom stereocenters. The number of rotatable bonds is 4. The molecule has 0 amide bonds. The summed E-state index contributed by atoms with van der Waals surface area (Å²) in [5, 5.41) is 4.66. The van der Waals surface area contributed by atoms with Crippen LogP contribution in [-0.2, 0) is 0 Å². The molecule has 0 aromatic heterocycles. The van der Waals surface area contributed by atoms with Crippen LogP contribution in [0.2, 0.25) is 10.0 Å². The molecule has 0 saturated carbocycles. The highest BCUT2D eigenvalue weighted by Gasteiger charge is 2.20. The van der Waals surface area contributed by atoms with Crippen molar-refractivity contribution in [2.45, 2.75) is 32.2 Å². The van der Waals surface area contributed by atoms with Gasteiger partial charge in [-0.2, -0.15) is 0 Å². The summed E-state index contributed by atoms with van der Waals surface area (Å²) < 4.78 is 0. The van der Waals surface area contributed by atoms with E-state index in [4.69, 9.17) is 28.9 Å². The molecule has 1 aromatic rings. The average molecular weight is 302 g/mol. The largest absolute Gasteiger partial charge is 0.399 e. The quantitative estimate of drug-likeness (QED) is 0.830. The van der Waals surface area contributed by atoms with Gasteiger partial charge in [0.1, 0.15) is 0 Å². The van der Waals surface area contributed by atoms with Crippen LogP contribution >= 0.6 is 23.2 Å². The second kappa shape index (κ2) is 6.69. The number of nitrogens with zero attached hydrogens (tertiary/aromatic N) is 1. The van der Waals surface area contributed by atoms with Gasteiger partial charge >= 0.3 is 0 Å². The van der Waals surface area contributed by atoms with Gasteiger partial charge in [0.15, 0.2) is 0 Å². The molecule has 1 aliphatic rings. The van der Waals surface area contributed by atoms with Crippen molar-refractivity contribution in [1.82, 2.24) is 4.90 Å². The van der Waals surface area contributed by atoms with E-state index in [9.17, 15) is 0 Å². The molecule has 1 heterocycles. The third kappa shape index (κ3) is 3.91. The van der Waals surface area contributed by atoms with Gasteiger partial charge in [-0.15, -0.1) is 0 Å². The third-order valence-electron chi connectivity index (χ3n) is 3.54. The van der Waals surface area contributed by atoms with Crippen molar-refractivity contribution < 1.29 is 0 Å². The zero-order chi connectivity index (χ0) is 13.8. The molecule has 3 N–H and O–H groups in total. The van der Waals surface area contributed by atoms with E-state index in [1.54, 1.807) is 12.1 Å². The summed E-state index contributed by atoms with van der Waals surface area (Å²) in [6.45, 7) is 5.68. The fourth-order valence-corrected chi connectivity index (χ4v) is 3.16. The highest BCUT2D eigenvalue weighted by molar-refractivity contribution is 6.39.